The van der Waals surface area contributed by atoms with E-state index in [4.69, 9.17) is 16.0 Å². The highest BCUT2D eigenvalue weighted by atomic mass is 16.5. The number of hydrogen-bond acceptors (Lipinski definition) is 5. The molecule has 8 heteroatoms. The summed E-state index contributed by atoms with van der Waals surface area (Å²) in [6, 6.07) is 95.0. The van der Waals surface area contributed by atoms with Crippen LogP contribution in [0.5, 0.6) is 23.0 Å². The van der Waals surface area contributed by atoms with Crippen LogP contribution in [-0.4, -0.2) is 13.4 Å². The summed E-state index contributed by atoms with van der Waals surface area (Å²) in [5.41, 5.74) is 24.2. The number of nitriles is 1. The van der Waals surface area contributed by atoms with Gasteiger partial charge in [-0.05, 0) is 143 Å². The quantitative estimate of drug-likeness (QED) is 0.118. The number of ether oxygens (including phenoxy) is 2. The van der Waals surface area contributed by atoms with Crippen molar-refractivity contribution in [3.8, 4) is 84.7 Å². The molecule has 0 atom stereocenters. The third kappa shape index (κ3) is 8.02. The van der Waals surface area contributed by atoms with Gasteiger partial charge in [0.1, 0.15) is 23.0 Å². The molecule has 16 rings (SSSR count). The van der Waals surface area contributed by atoms with Gasteiger partial charge in [-0.15, -0.1) is 0 Å². The molecule has 0 fully saturated rings. The van der Waals surface area contributed by atoms with Crippen LogP contribution in [0.3, 0.4) is 0 Å². The van der Waals surface area contributed by atoms with Gasteiger partial charge in [-0.1, -0.05) is 215 Å². The molecule has 0 unspecified atom stereocenters. The van der Waals surface area contributed by atoms with E-state index in [1.807, 2.05) is 24.3 Å². The zero-order chi connectivity index (χ0) is 57.8. The molecule has 4 aliphatic heterocycles. The highest BCUT2D eigenvalue weighted by molar-refractivity contribution is 7.02. The molecule has 4 heterocycles. The van der Waals surface area contributed by atoms with E-state index in [2.05, 4.69) is 278 Å². The van der Waals surface area contributed by atoms with Gasteiger partial charge in [-0.3, -0.25) is 0 Å². The fourth-order valence-electron chi connectivity index (χ4n) is 13.8. The smallest absolute Gasteiger partial charge is 0.260 e. The number of benzene rings is 12. The molecule has 0 saturated carbocycles. The van der Waals surface area contributed by atoms with Crippen LogP contribution < -0.4 is 52.1 Å². The Morgan fingerprint density at radius 2 is 0.826 bits per heavy atom. The Balaban J connectivity index is 1.08. The van der Waals surface area contributed by atoms with Gasteiger partial charge in [-0.2, -0.15) is 5.26 Å². The van der Waals surface area contributed by atoms with Crippen LogP contribution >= 0.6 is 0 Å². The summed E-state index contributed by atoms with van der Waals surface area (Å²) in [5, 5.41) is 11.1. The number of hydrogen-bond donors (Lipinski definition) is 0. The number of anilines is 6. The molecule has 402 valence electrons. The molecule has 0 amide bonds. The van der Waals surface area contributed by atoms with Crippen molar-refractivity contribution in [2.45, 2.75) is 26.2 Å². The lowest BCUT2D eigenvalue weighted by atomic mass is 9.30. The fraction of sp³-hybridized carbons (Fsp3) is 0.0513. The van der Waals surface area contributed by atoms with E-state index in [-0.39, 0.29) is 18.8 Å². The van der Waals surface area contributed by atoms with Crippen molar-refractivity contribution in [2.75, 3.05) is 9.80 Å². The molecule has 12 aromatic carbocycles. The lowest BCUT2D eigenvalue weighted by Gasteiger charge is -2.46. The Bertz CT molecular complexity index is 4720. The average Bonchev–Trinajstić information content (AvgIpc) is 0.701. The first-order valence-corrected chi connectivity index (χ1v) is 29.3. The van der Waals surface area contributed by atoms with Crippen LogP contribution in [0.15, 0.2) is 261 Å². The maximum Gasteiger partial charge on any atom is 0.260 e. The van der Waals surface area contributed by atoms with Gasteiger partial charge in [0.25, 0.3) is 13.4 Å². The summed E-state index contributed by atoms with van der Waals surface area (Å²) >= 11 is 0. The Kier molecular flexibility index (Phi) is 11.7. The number of rotatable bonds is 7. The number of fused-ring (bicyclic) bond motifs is 8. The van der Waals surface area contributed by atoms with Crippen LogP contribution in [0.2, 0.25) is 0 Å². The SMILES string of the molecule is [C-]#[N+]c1cc(-c2ccccc2)c(N2c3ccccc3B3c4cc5c(cc4N(c4c(-c6ccccc6)cc(C#N)cc4-c4ccccc4)c4cc(-c6ccccc6)cc2c43)Oc2cc(C(C)(C)C)cc3c2B5c2ccccc2O3)c(-c2ccccc2)c1. The van der Waals surface area contributed by atoms with E-state index in [0.717, 1.165) is 151 Å². The molecule has 0 bridgehead atoms. The third-order valence-corrected chi connectivity index (χ3v) is 17.7. The molecule has 12 aromatic rings. The van der Waals surface area contributed by atoms with Gasteiger partial charge in [0.05, 0.1) is 29.6 Å². The van der Waals surface area contributed by atoms with Gasteiger partial charge in [0, 0.05) is 45.4 Å². The van der Waals surface area contributed by atoms with Crippen molar-refractivity contribution >= 4 is 86.0 Å². The molecular formula is C78H52B2N4O2. The third-order valence-electron chi connectivity index (χ3n) is 17.7. The second-order valence-corrected chi connectivity index (χ2v) is 23.7. The molecule has 0 radical (unpaired) electrons. The van der Waals surface area contributed by atoms with Gasteiger partial charge in [0.2, 0.25) is 0 Å². The molecular weight excluding hydrogens is 1050 g/mol. The second kappa shape index (κ2) is 19.8. The topological polar surface area (TPSA) is 53.1 Å². The van der Waals surface area contributed by atoms with Gasteiger partial charge in [-0.25, -0.2) is 4.85 Å². The van der Waals surface area contributed by atoms with Crippen LogP contribution in [0, 0.1) is 17.9 Å². The van der Waals surface area contributed by atoms with E-state index in [9.17, 15) is 5.26 Å². The maximum atomic E-state index is 11.1. The molecule has 0 spiro atoms. The van der Waals surface area contributed by atoms with Crippen molar-refractivity contribution in [2.24, 2.45) is 0 Å². The molecule has 0 saturated heterocycles. The Morgan fingerprint density at radius 3 is 1.34 bits per heavy atom. The number of nitrogens with zero attached hydrogens (tertiary/aromatic N) is 4. The normalized spacial score (nSPS) is 12.9. The van der Waals surface area contributed by atoms with Gasteiger partial charge >= 0.3 is 0 Å². The molecule has 0 aromatic heterocycles. The summed E-state index contributed by atoms with van der Waals surface area (Å²) in [6.07, 6.45) is 0. The van der Waals surface area contributed by atoms with E-state index in [0.29, 0.717) is 11.3 Å². The summed E-state index contributed by atoms with van der Waals surface area (Å²) in [6.45, 7) is 14.8. The predicted octanol–water partition coefficient (Wildman–Crippen LogP) is 16.6. The summed E-state index contributed by atoms with van der Waals surface area (Å²) < 4.78 is 14.4. The van der Waals surface area contributed by atoms with Crippen molar-refractivity contribution < 1.29 is 9.47 Å². The summed E-state index contributed by atoms with van der Waals surface area (Å²) in [5.74, 6) is 3.20. The zero-order valence-corrected chi connectivity index (χ0v) is 47.6. The first-order valence-electron chi connectivity index (χ1n) is 29.3. The second-order valence-electron chi connectivity index (χ2n) is 23.7. The minimum absolute atomic E-state index is 0.197. The maximum absolute atomic E-state index is 11.1. The van der Waals surface area contributed by atoms with Gasteiger partial charge < -0.3 is 19.3 Å². The highest BCUT2D eigenvalue weighted by Gasteiger charge is 2.48. The average molecular weight is 1100 g/mol. The Morgan fingerprint density at radius 1 is 0.384 bits per heavy atom. The number of para-hydroxylation sites is 2. The fourth-order valence-corrected chi connectivity index (χ4v) is 13.8. The lowest BCUT2D eigenvalue weighted by molar-refractivity contribution is 0.458. The molecule has 0 N–H and O–H groups in total. The predicted molar refractivity (Wildman–Crippen MR) is 355 cm³/mol. The largest absolute Gasteiger partial charge is 0.458 e. The molecule has 0 aliphatic carbocycles. The zero-order valence-electron chi connectivity index (χ0n) is 47.6. The van der Waals surface area contributed by atoms with Crippen LogP contribution in [-0.2, 0) is 5.41 Å². The Labute approximate surface area is 502 Å². The first-order chi connectivity index (χ1) is 42.2. The van der Waals surface area contributed by atoms with E-state index in [1.165, 1.54) is 0 Å². The highest BCUT2D eigenvalue weighted by Crippen LogP contribution is 2.55. The van der Waals surface area contributed by atoms with Crippen LogP contribution in [0.4, 0.5) is 39.8 Å². The minimum Gasteiger partial charge on any atom is -0.458 e. The molecule has 6 nitrogen and oxygen atoms in total. The lowest BCUT2D eigenvalue weighted by Crippen LogP contribution is -2.64. The monoisotopic (exact) mass is 1100 g/mol. The van der Waals surface area contributed by atoms with Crippen molar-refractivity contribution in [1.82, 2.24) is 0 Å². The van der Waals surface area contributed by atoms with E-state index < -0.39 is 0 Å². The van der Waals surface area contributed by atoms with Crippen LogP contribution in [0.1, 0.15) is 31.9 Å². The van der Waals surface area contributed by atoms with Crippen molar-refractivity contribution in [3.05, 3.63) is 283 Å². The van der Waals surface area contributed by atoms with E-state index >= 15 is 0 Å². The standard InChI is InChI=1S/C78H52B2N4O2/c1-78(2,3)56-42-72-75-73(43-56)86-71-47-67-64(46-65(71)80(75)63-35-21-23-37-70(63)85-72)79-62-34-20-22-36-66(62)83(77-60(53-30-16-8-17-31-53)44-57(82-4)45-61(77)54-32-18-9-19-33-54)68-40-55(50-24-10-5-11-25-50)41-69(74(68)79)84(67)76-58(51-26-12-6-13-27-51)38-49(48-81)39-59(76)52-28-14-7-15-29-52/h5-47H,1-3H3. The summed E-state index contributed by atoms with van der Waals surface area (Å²) in [4.78, 5) is 9.16. The molecule has 86 heavy (non-hydrogen) atoms. The van der Waals surface area contributed by atoms with Crippen LogP contribution in [0.25, 0.3) is 60.5 Å². The van der Waals surface area contributed by atoms with Crippen molar-refractivity contribution in [3.63, 3.8) is 0 Å². The van der Waals surface area contributed by atoms with Gasteiger partial charge in [0.15, 0.2) is 5.69 Å². The van der Waals surface area contributed by atoms with Crippen molar-refractivity contribution in [1.29, 1.82) is 5.26 Å². The first kappa shape index (κ1) is 50.7. The van der Waals surface area contributed by atoms with E-state index in [1.54, 1.807) is 0 Å². The summed E-state index contributed by atoms with van der Waals surface area (Å²) in [7, 11) is 0. The Hall–Kier alpha value is -11.1. The minimum atomic E-state index is -0.311. The molecule has 4 aliphatic rings.